The van der Waals surface area contributed by atoms with E-state index in [1.807, 2.05) is 6.07 Å². The largest absolute Gasteiger partial charge is 0.508 e. The van der Waals surface area contributed by atoms with E-state index in [9.17, 15) is 4.39 Å². The molecule has 0 aliphatic heterocycles. The lowest BCUT2D eigenvalue weighted by atomic mass is 10.2. The topological polar surface area (TPSA) is 61.8 Å². The highest BCUT2D eigenvalue weighted by molar-refractivity contribution is 5.44. The Morgan fingerprint density at radius 3 is 2.65 bits per heavy atom. The zero-order chi connectivity index (χ0) is 12.6. The molecule has 1 heterocycles. The Hall–Kier alpha value is -2.35. The Balaban J connectivity index is 2.66. The highest BCUT2D eigenvalue weighted by atomic mass is 19.1. The number of phenolic OH excluding ortho intramolecular Hbond substituents is 1. The highest BCUT2D eigenvalue weighted by Crippen LogP contribution is 2.22. The maximum Gasteiger partial charge on any atom is 0.152 e. The number of rotatable bonds is 1. The van der Waals surface area contributed by atoms with Crippen LogP contribution < -0.4 is 0 Å². The summed E-state index contributed by atoms with van der Waals surface area (Å²) in [5, 5.41) is 22.2. The average Bonchev–Trinajstić information content (AvgIpc) is 2.54. The monoisotopic (exact) mass is 231 g/mol. The van der Waals surface area contributed by atoms with Gasteiger partial charge in [0.15, 0.2) is 5.82 Å². The second-order valence-electron chi connectivity index (χ2n) is 3.71. The third-order valence-corrected chi connectivity index (χ3v) is 2.56. The Kier molecular flexibility index (Phi) is 2.56. The summed E-state index contributed by atoms with van der Waals surface area (Å²) in [6.45, 7) is 3.39. The molecule has 0 atom stereocenters. The molecule has 0 bridgehead atoms. The second-order valence-corrected chi connectivity index (χ2v) is 3.71. The summed E-state index contributed by atoms with van der Waals surface area (Å²) < 4.78 is 15.0. The van der Waals surface area contributed by atoms with Crippen LogP contribution in [0.4, 0.5) is 4.39 Å². The predicted octanol–water partition coefficient (Wildman–Crippen LogP) is 2.21. The number of aromatic hydroxyl groups is 1. The number of nitrogens with zero attached hydrogens (tertiary/aromatic N) is 3. The fourth-order valence-electron chi connectivity index (χ4n) is 1.71. The average molecular weight is 231 g/mol. The molecule has 2 rings (SSSR count). The summed E-state index contributed by atoms with van der Waals surface area (Å²) in [6, 6.07) is 5.84. The summed E-state index contributed by atoms with van der Waals surface area (Å²) in [5.74, 6) is -0.728. The van der Waals surface area contributed by atoms with Crippen LogP contribution in [-0.2, 0) is 0 Å². The Bertz CT molecular complexity index is 625. The van der Waals surface area contributed by atoms with Crippen LogP contribution in [0.2, 0.25) is 0 Å². The summed E-state index contributed by atoms with van der Waals surface area (Å²) in [4.78, 5) is 0. The molecule has 1 aromatic heterocycles. The van der Waals surface area contributed by atoms with Gasteiger partial charge < -0.3 is 5.11 Å². The fraction of sp³-hybridized carbons (Fsp3) is 0.167. The van der Waals surface area contributed by atoms with Crippen LogP contribution in [0, 0.1) is 31.0 Å². The fourth-order valence-corrected chi connectivity index (χ4v) is 1.71. The Morgan fingerprint density at radius 1 is 1.41 bits per heavy atom. The Morgan fingerprint density at radius 2 is 2.12 bits per heavy atom. The van der Waals surface area contributed by atoms with E-state index in [-0.39, 0.29) is 11.4 Å². The minimum Gasteiger partial charge on any atom is -0.508 e. The van der Waals surface area contributed by atoms with E-state index in [4.69, 9.17) is 10.4 Å². The van der Waals surface area contributed by atoms with Crippen LogP contribution in [0.3, 0.4) is 0 Å². The first-order chi connectivity index (χ1) is 8.04. The van der Waals surface area contributed by atoms with E-state index < -0.39 is 5.82 Å². The van der Waals surface area contributed by atoms with Crippen LogP contribution >= 0.6 is 0 Å². The van der Waals surface area contributed by atoms with Crippen molar-refractivity contribution < 1.29 is 9.50 Å². The SMILES string of the molecule is Cc1nn(-c2ccc(O)cc2F)c(C)c1C#N. The summed E-state index contributed by atoms with van der Waals surface area (Å²) >= 11 is 0. The minimum atomic E-state index is -0.583. The first-order valence-electron chi connectivity index (χ1n) is 5.00. The molecule has 5 heteroatoms. The van der Waals surface area contributed by atoms with Gasteiger partial charge in [0.05, 0.1) is 17.0 Å². The number of aromatic nitrogens is 2. The standard InChI is InChI=1S/C12H10FN3O/c1-7-10(6-14)8(2)16(15-7)12-4-3-9(17)5-11(12)13/h3-5,17H,1-2H3. The van der Waals surface area contributed by atoms with Crippen molar-refractivity contribution >= 4 is 0 Å². The molecule has 0 aliphatic carbocycles. The number of halogens is 1. The molecular formula is C12H10FN3O. The van der Waals surface area contributed by atoms with Crippen molar-refractivity contribution in [2.75, 3.05) is 0 Å². The molecule has 17 heavy (non-hydrogen) atoms. The zero-order valence-electron chi connectivity index (χ0n) is 9.40. The molecule has 0 saturated heterocycles. The third kappa shape index (κ3) is 1.74. The number of benzene rings is 1. The van der Waals surface area contributed by atoms with E-state index >= 15 is 0 Å². The summed E-state index contributed by atoms with van der Waals surface area (Å²) in [5.41, 5.74) is 1.79. The lowest BCUT2D eigenvalue weighted by Gasteiger charge is -2.05. The van der Waals surface area contributed by atoms with Gasteiger partial charge in [-0.2, -0.15) is 10.4 Å². The molecule has 0 aliphatic rings. The molecule has 0 radical (unpaired) electrons. The normalized spacial score (nSPS) is 10.2. The maximum absolute atomic E-state index is 13.7. The van der Waals surface area contributed by atoms with Gasteiger partial charge in [-0.05, 0) is 26.0 Å². The van der Waals surface area contributed by atoms with Crippen molar-refractivity contribution in [3.05, 3.63) is 41.0 Å². The quantitative estimate of drug-likeness (QED) is 0.818. The molecule has 1 aromatic carbocycles. The van der Waals surface area contributed by atoms with Crippen LogP contribution in [0.5, 0.6) is 5.75 Å². The summed E-state index contributed by atoms with van der Waals surface area (Å²) in [6.07, 6.45) is 0. The van der Waals surface area contributed by atoms with Crippen molar-refractivity contribution in [2.24, 2.45) is 0 Å². The van der Waals surface area contributed by atoms with Gasteiger partial charge in [0.1, 0.15) is 17.5 Å². The van der Waals surface area contributed by atoms with Gasteiger partial charge >= 0.3 is 0 Å². The number of aryl methyl sites for hydroxylation is 1. The highest BCUT2D eigenvalue weighted by Gasteiger charge is 2.15. The number of phenols is 1. The van der Waals surface area contributed by atoms with Crippen molar-refractivity contribution in [1.29, 1.82) is 5.26 Å². The van der Waals surface area contributed by atoms with Crippen LogP contribution in [0.15, 0.2) is 18.2 Å². The Labute approximate surface area is 97.5 Å². The van der Waals surface area contributed by atoms with E-state index in [2.05, 4.69) is 5.10 Å². The number of hydrogen-bond donors (Lipinski definition) is 1. The molecular weight excluding hydrogens is 221 g/mol. The minimum absolute atomic E-state index is 0.145. The van der Waals surface area contributed by atoms with Crippen molar-refractivity contribution in [3.8, 4) is 17.5 Å². The number of hydrogen-bond acceptors (Lipinski definition) is 3. The zero-order valence-corrected chi connectivity index (χ0v) is 9.40. The molecule has 4 nitrogen and oxygen atoms in total. The lowest BCUT2D eigenvalue weighted by molar-refractivity contribution is 0.468. The van der Waals surface area contributed by atoms with Gasteiger partial charge in [0, 0.05) is 6.07 Å². The van der Waals surface area contributed by atoms with E-state index in [0.717, 1.165) is 6.07 Å². The van der Waals surface area contributed by atoms with Gasteiger partial charge in [-0.1, -0.05) is 0 Å². The molecule has 86 valence electrons. The molecule has 1 N–H and O–H groups in total. The van der Waals surface area contributed by atoms with Gasteiger partial charge in [0.2, 0.25) is 0 Å². The molecule has 0 amide bonds. The van der Waals surface area contributed by atoms with Crippen LogP contribution in [0.1, 0.15) is 17.0 Å². The van der Waals surface area contributed by atoms with Gasteiger partial charge in [-0.25, -0.2) is 9.07 Å². The predicted molar refractivity (Wildman–Crippen MR) is 59.4 cm³/mol. The third-order valence-electron chi connectivity index (χ3n) is 2.56. The van der Waals surface area contributed by atoms with Crippen LogP contribution in [-0.4, -0.2) is 14.9 Å². The van der Waals surface area contributed by atoms with E-state index in [0.29, 0.717) is 17.0 Å². The molecule has 0 spiro atoms. The number of nitriles is 1. The van der Waals surface area contributed by atoms with Gasteiger partial charge in [-0.3, -0.25) is 0 Å². The molecule has 0 saturated carbocycles. The van der Waals surface area contributed by atoms with Crippen LogP contribution in [0.25, 0.3) is 5.69 Å². The molecule has 0 unspecified atom stereocenters. The van der Waals surface area contributed by atoms with Gasteiger partial charge in [0.25, 0.3) is 0 Å². The molecule has 2 aromatic rings. The van der Waals surface area contributed by atoms with Crippen molar-refractivity contribution in [2.45, 2.75) is 13.8 Å². The lowest BCUT2D eigenvalue weighted by Crippen LogP contribution is -2.02. The smallest absolute Gasteiger partial charge is 0.152 e. The van der Waals surface area contributed by atoms with E-state index in [1.54, 1.807) is 13.8 Å². The first-order valence-corrected chi connectivity index (χ1v) is 5.00. The second kappa shape index (κ2) is 3.91. The first kappa shape index (κ1) is 11.1. The van der Waals surface area contributed by atoms with Crippen molar-refractivity contribution in [3.63, 3.8) is 0 Å². The van der Waals surface area contributed by atoms with Gasteiger partial charge in [-0.15, -0.1) is 0 Å². The summed E-state index contributed by atoms with van der Waals surface area (Å²) in [7, 11) is 0. The van der Waals surface area contributed by atoms with Crippen molar-refractivity contribution in [1.82, 2.24) is 9.78 Å². The van der Waals surface area contributed by atoms with E-state index in [1.165, 1.54) is 16.8 Å². The molecule has 0 fully saturated rings. The maximum atomic E-state index is 13.7.